The lowest BCUT2D eigenvalue weighted by Crippen LogP contribution is -2.57. The zero-order valence-electron chi connectivity index (χ0n) is 16.7. The second kappa shape index (κ2) is 8.68. The number of carbonyl (C=O) groups excluding carboxylic acids is 2. The molecule has 0 spiro atoms. The molecule has 0 radical (unpaired) electrons. The third-order valence-electron chi connectivity index (χ3n) is 5.99. The fourth-order valence-corrected chi connectivity index (χ4v) is 5.49. The van der Waals surface area contributed by atoms with Crippen molar-refractivity contribution >= 4 is 23.6 Å². The van der Waals surface area contributed by atoms with Gasteiger partial charge in [0.05, 0.1) is 0 Å². The Morgan fingerprint density at radius 2 is 1.96 bits per heavy atom. The second-order valence-corrected chi connectivity index (χ2v) is 10.2. The quantitative estimate of drug-likeness (QED) is 0.750. The third kappa shape index (κ3) is 5.50. The molecule has 148 valence electrons. The van der Waals surface area contributed by atoms with Gasteiger partial charge in [0.15, 0.2) is 0 Å². The molecular weight excluding hydrogens is 356 g/mol. The molecule has 4 nitrogen and oxygen atoms in total. The first-order valence-corrected chi connectivity index (χ1v) is 11.1. The van der Waals surface area contributed by atoms with Crippen LogP contribution in [0.2, 0.25) is 0 Å². The summed E-state index contributed by atoms with van der Waals surface area (Å²) in [4.78, 5) is 25.7. The smallest absolute Gasteiger partial charge is 0.221 e. The zero-order valence-corrected chi connectivity index (χ0v) is 17.5. The molecule has 4 unspecified atom stereocenters. The summed E-state index contributed by atoms with van der Waals surface area (Å²) in [6.07, 6.45) is 4.12. The van der Waals surface area contributed by atoms with Gasteiger partial charge in [-0.2, -0.15) is 0 Å². The SMILES string of the molecule is CC(C)(C)C1CC(=O)NC2CC(NC(=O)CCSc3ccccc3)CCC21. The van der Waals surface area contributed by atoms with Gasteiger partial charge in [-0.05, 0) is 48.6 Å². The van der Waals surface area contributed by atoms with Crippen LogP contribution in [0.15, 0.2) is 35.2 Å². The van der Waals surface area contributed by atoms with Gasteiger partial charge in [0.25, 0.3) is 0 Å². The van der Waals surface area contributed by atoms with E-state index in [-0.39, 0.29) is 29.3 Å². The lowest BCUT2D eigenvalue weighted by Gasteiger charge is -2.48. The number of piperidine rings is 1. The molecule has 5 heteroatoms. The molecule has 2 N–H and O–H groups in total. The largest absolute Gasteiger partial charge is 0.353 e. The van der Waals surface area contributed by atoms with E-state index in [1.165, 1.54) is 4.90 Å². The molecule has 1 aromatic rings. The Bertz CT molecular complexity index is 656. The van der Waals surface area contributed by atoms with E-state index in [9.17, 15) is 9.59 Å². The molecule has 0 aromatic heterocycles. The Morgan fingerprint density at radius 3 is 2.67 bits per heavy atom. The summed E-state index contributed by atoms with van der Waals surface area (Å²) in [5.41, 5.74) is 0.144. The molecule has 1 aliphatic carbocycles. The molecular formula is C22H32N2O2S. The van der Waals surface area contributed by atoms with Gasteiger partial charge in [0, 0.05) is 35.6 Å². The maximum atomic E-state index is 12.3. The first-order valence-electron chi connectivity index (χ1n) is 10.1. The van der Waals surface area contributed by atoms with Crippen LogP contribution in [0.1, 0.15) is 52.9 Å². The summed E-state index contributed by atoms with van der Waals surface area (Å²) in [5.74, 6) is 2.04. The molecule has 4 atom stereocenters. The van der Waals surface area contributed by atoms with Gasteiger partial charge in [-0.25, -0.2) is 0 Å². The number of amides is 2. The van der Waals surface area contributed by atoms with Gasteiger partial charge in [0.2, 0.25) is 11.8 Å². The van der Waals surface area contributed by atoms with Gasteiger partial charge >= 0.3 is 0 Å². The lowest BCUT2D eigenvalue weighted by atomic mass is 9.62. The number of thioether (sulfide) groups is 1. The number of benzene rings is 1. The molecule has 1 saturated carbocycles. The lowest BCUT2D eigenvalue weighted by molar-refractivity contribution is -0.130. The molecule has 2 amide bonds. The Kier molecular flexibility index (Phi) is 6.51. The van der Waals surface area contributed by atoms with E-state index in [4.69, 9.17) is 0 Å². The predicted octanol–water partition coefficient (Wildman–Crippen LogP) is 4.00. The van der Waals surface area contributed by atoms with Gasteiger partial charge in [-0.15, -0.1) is 11.8 Å². The normalized spacial score (nSPS) is 28.2. The number of hydrogen-bond donors (Lipinski definition) is 2. The van der Waals surface area contributed by atoms with Crippen molar-refractivity contribution in [3.8, 4) is 0 Å². The van der Waals surface area contributed by atoms with E-state index in [0.717, 1.165) is 25.0 Å². The Morgan fingerprint density at radius 1 is 1.22 bits per heavy atom. The Hall–Kier alpha value is -1.49. The topological polar surface area (TPSA) is 58.2 Å². The third-order valence-corrected chi connectivity index (χ3v) is 7.00. The Labute approximate surface area is 167 Å². The summed E-state index contributed by atoms with van der Waals surface area (Å²) >= 11 is 1.71. The van der Waals surface area contributed by atoms with E-state index in [1.807, 2.05) is 18.2 Å². The van der Waals surface area contributed by atoms with Crippen molar-refractivity contribution in [1.29, 1.82) is 0 Å². The average Bonchev–Trinajstić information content (AvgIpc) is 2.61. The molecule has 1 heterocycles. The highest BCUT2D eigenvalue weighted by atomic mass is 32.2. The number of fused-ring (bicyclic) bond motifs is 1. The van der Waals surface area contributed by atoms with Crippen molar-refractivity contribution < 1.29 is 9.59 Å². The minimum absolute atomic E-state index is 0.122. The van der Waals surface area contributed by atoms with E-state index >= 15 is 0 Å². The van der Waals surface area contributed by atoms with E-state index in [1.54, 1.807) is 11.8 Å². The molecule has 0 bridgehead atoms. The number of hydrogen-bond acceptors (Lipinski definition) is 3. The van der Waals surface area contributed by atoms with Crippen LogP contribution in [0, 0.1) is 17.3 Å². The molecule has 27 heavy (non-hydrogen) atoms. The molecule has 2 fully saturated rings. The maximum absolute atomic E-state index is 12.3. The number of nitrogens with one attached hydrogen (secondary N) is 2. The highest BCUT2D eigenvalue weighted by Gasteiger charge is 2.45. The fourth-order valence-electron chi connectivity index (χ4n) is 4.62. The first-order chi connectivity index (χ1) is 12.8. The van der Waals surface area contributed by atoms with Crippen molar-refractivity contribution in [3.05, 3.63) is 30.3 Å². The maximum Gasteiger partial charge on any atom is 0.221 e. The van der Waals surface area contributed by atoms with Gasteiger partial charge in [-0.1, -0.05) is 39.0 Å². The molecule has 3 rings (SSSR count). The highest BCUT2D eigenvalue weighted by Crippen LogP contribution is 2.44. The van der Waals surface area contributed by atoms with Crippen LogP contribution in [-0.2, 0) is 9.59 Å². The summed E-state index contributed by atoms with van der Waals surface area (Å²) in [6.45, 7) is 6.72. The van der Waals surface area contributed by atoms with E-state index in [0.29, 0.717) is 24.7 Å². The van der Waals surface area contributed by atoms with Gasteiger partial charge in [-0.3, -0.25) is 9.59 Å². The molecule has 1 aromatic carbocycles. The van der Waals surface area contributed by atoms with Crippen molar-refractivity contribution in [3.63, 3.8) is 0 Å². The summed E-state index contributed by atoms with van der Waals surface area (Å²) in [6, 6.07) is 10.6. The summed E-state index contributed by atoms with van der Waals surface area (Å²) < 4.78 is 0. The summed E-state index contributed by atoms with van der Waals surface area (Å²) in [5, 5.41) is 6.40. The Balaban J connectivity index is 1.47. The minimum atomic E-state index is 0.122. The van der Waals surface area contributed by atoms with Crippen LogP contribution >= 0.6 is 11.8 Å². The standard InChI is InChI=1S/C22H32N2O2S/c1-22(2,3)18-14-21(26)24-19-13-15(9-10-17(18)19)23-20(25)11-12-27-16-7-5-4-6-8-16/h4-8,15,17-19H,9-14H2,1-3H3,(H,23,25)(H,24,26). The molecule has 1 saturated heterocycles. The van der Waals surface area contributed by atoms with Gasteiger partial charge in [0.1, 0.15) is 0 Å². The first kappa shape index (κ1) is 20.2. The van der Waals surface area contributed by atoms with Crippen LogP contribution in [-0.4, -0.2) is 29.7 Å². The van der Waals surface area contributed by atoms with Crippen LogP contribution < -0.4 is 10.6 Å². The fraction of sp³-hybridized carbons (Fsp3) is 0.636. The van der Waals surface area contributed by atoms with Crippen molar-refractivity contribution in [1.82, 2.24) is 10.6 Å². The van der Waals surface area contributed by atoms with Crippen molar-refractivity contribution in [2.75, 3.05) is 5.75 Å². The molecule has 1 aliphatic heterocycles. The van der Waals surface area contributed by atoms with Gasteiger partial charge < -0.3 is 10.6 Å². The zero-order chi connectivity index (χ0) is 19.4. The van der Waals surface area contributed by atoms with Crippen LogP contribution in [0.3, 0.4) is 0 Å². The van der Waals surface area contributed by atoms with Crippen LogP contribution in [0.4, 0.5) is 0 Å². The number of carbonyl (C=O) groups is 2. The monoisotopic (exact) mass is 388 g/mol. The van der Waals surface area contributed by atoms with E-state index < -0.39 is 0 Å². The van der Waals surface area contributed by atoms with Crippen LogP contribution in [0.25, 0.3) is 0 Å². The molecule has 2 aliphatic rings. The van der Waals surface area contributed by atoms with Crippen LogP contribution in [0.5, 0.6) is 0 Å². The van der Waals surface area contributed by atoms with Crippen molar-refractivity contribution in [2.24, 2.45) is 17.3 Å². The summed E-state index contributed by atoms with van der Waals surface area (Å²) in [7, 11) is 0. The van der Waals surface area contributed by atoms with E-state index in [2.05, 4.69) is 43.5 Å². The average molecular weight is 389 g/mol. The number of rotatable bonds is 5. The predicted molar refractivity (Wildman–Crippen MR) is 111 cm³/mol. The van der Waals surface area contributed by atoms with Crippen molar-refractivity contribution in [2.45, 2.75) is 69.9 Å². The highest BCUT2D eigenvalue weighted by molar-refractivity contribution is 7.99. The second-order valence-electron chi connectivity index (χ2n) is 9.00. The minimum Gasteiger partial charge on any atom is -0.353 e.